The number of hydrogen-bond donors (Lipinski definition) is 1. The molecule has 0 aromatic carbocycles. The van der Waals surface area contributed by atoms with Crippen LogP contribution in [-0.2, 0) is 9.53 Å². The Hall–Kier alpha value is -1.68. The van der Waals surface area contributed by atoms with Crippen molar-refractivity contribution in [3.63, 3.8) is 0 Å². The number of carbonyl (C=O) groups excluding carboxylic acids is 1. The fourth-order valence-electron chi connectivity index (χ4n) is 1.38. The van der Waals surface area contributed by atoms with Crippen LogP contribution in [0.3, 0.4) is 0 Å². The number of hydrogen-bond acceptors (Lipinski definition) is 4. The number of ether oxygens (including phenoxy) is 1. The topological polar surface area (TPSA) is 51.2 Å². The maximum absolute atomic E-state index is 11.1. The monoisotopic (exact) mass is 234 g/mol. The highest BCUT2D eigenvalue weighted by molar-refractivity contribution is 5.87. The molecule has 4 nitrogen and oxygen atoms in total. The van der Waals surface area contributed by atoms with Crippen LogP contribution in [0.2, 0.25) is 0 Å². The molecule has 0 amide bonds. The fraction of sp³-hybridized carbons (Fsp3) is 0.385. The maximum atomic E-state index is 11.1. The van der Waals surface area contributed by atoms with Gasteiger partial charge in [-0.25, -0.2) is 4.79 Å². The van der Waals surface area contributed by atoms with Crippen molar-refractivity contribution in [3.05, 3.63) is 41.7 Å². The molecule has 0 unspecified atom stereocenters. The van der Waals surface area contributed by atoms with E-state index in [4.69, 9.17) is 0 Å². The van der Waals surface area contributed by atoms with E-state index in [2.05, 4.69) is 22.0 Å². The van der Waals surface area contributed by atoms with E-state index in [1.165, 1.54) is 7.11 Å². The highest BCUT2D eigenvalue weighted by Gasteiger charge is 2.04. The summed E-state index contributed by atoms with van der Waals surface area (Å²) in [5.41, 5.74) is 1.73. The van der Waals surface area contributed by atoms with Gasteiger partial charge in [0.25, 0.3) is 0 Å². The second-order valence-corrected chi connectivity index (χ2v) is 3.80. The third kappa shape index (κ3) is 4.36. The molecule has 0 aliphatic rings. The van der Waals surface area contributed by atoms with Gasteiger partial charge in [-0.15, -0.1) is 0 Å². The van der Waals surface area contributed by atoms with E-state index in [-0.39, 0.29) is 12.0 Å². The highest BCUT2D eigenvalue weighted by atomic mass is 16.5. The molecule has 1 atom stereocenters. The molecule has 1 aromatic rings. The Kier molecular flexibility index (Phi) is 5.36. The van der Waals surface area contributed by atoms with Gasteiger partial charge < -0.3 is 10.1 Å². The summed E-state index contributed by atoms with van der Waals surface area (Å²) in [7, 11) is 1.38. The molecule has 0 saturated carbocycles. The number of pyridine rings is 1. The van der Waals surface area contributed by atoms with Crippen LogP contribution in [0.5, 0.6) is 0 Å². The number of methoxy groups -OCH3 is 1. The first kappa shape index (κ1) is 13.4. The van der Waals surface area contributed by atoms with Gasteiger partial charge in [0.05, 0.1) is 7.11 Å². The number of carbonyl (C=O) groups is 1. The molecule has 0 spiro atoms. The summed E-state index contributed by atoms with van der Waals surface area (Å²) in [6, 6.07) is 4.12. The number of aromatic nitrogens is 1. The predicted molar refractivity (Wildman–Crippen MR) is 66.4 cm³/mol. The van der Waals surface area contributed by atoms with Crippen LogP contribution in [0.4, 0.5) is 0 Å². The Balaban J connectivity index is 2.44. The van der Waals surface area contributed by atoms with Gasteiger partial charge in [0.15, 0.2) is 0 Å². The number of rotatable bonds is 5. The van der Waals surface area contributed by atoms with E-state index in [1.807, 2.05) is 24.4 Å². The van der Waals surface area contributed by atoms with Crippen molar-refractivity contribution < 1.29 is 9.53 Å². The smallest absolute Gasteiger partial charge is 0.333 e. The minimum atomic E-state index is -0.291. The summed E-state index contributed by atoms with van der Waals surface area (Å²) in [4.78, 5) is 15.2. The van der Waals surface area contributed by atoms with Gasteiger partial charge >= 0.3 is 5.97 Å². The summed E-state index contributed by atoms with van der Waals surface area (Å²) in [6.07, 6.45) is 5.39. The largest absolute Gasteiger partial charge is 0.466 e. The first-order valence-corrected chi connectivity index (χ1v) is 5.53. The Morgan fingerprint density at radius 1 is 1.65 bits per heavy atom. The van der Waals surface area contributed by atoms with Crippen LogP contribution in [0.25, 0.3) is 0 Å². The molecule has 1 heterocycles. The molecule has 0 radical (unpaired) electrons. The minimum absolute atomic E-state index is 0.199. The number of esters is 1. The molecule has 0 bridgehead atoms. The molecule has 0 aliphatic heterocycles. The summed E-state index contributed by atoms with van der Waals surface area (Å²) in [5.74, 6) is -0.291. The third-order valence-electron chi connectivity index (χ3n) is 2.52. The lowest BCUT2D eigenvalue weighted by Gasteiger charge is -2.12. The molecule has 0 saturated heterocycles. The van der Waals surface area contributed by atoms with Crippen molar-refractivity contribution in [2.75, 3.05) is 13.7 Å². The summed E-state index contributed by atoms with van der Waals surface area (Å²) in [6.45, 7) is 4.41. The van der Waals surface area contributed by atoms with Crippen molar-refractivity contribution >= 4 is 5.97 Å². The van der Waals surface area contributed by atoms with Crippen molar-refractivity contribution in [2.24, 2.45) is 0 Å². The SMILES string of the molecule is COC(=O)/C(C)=C/CN[C@H](C)c1cccnc1. The van der Waals surface area contributed by atoms with E-state index in [0.29, 0.717) is 12.1 Å². The Morgan fingerprint density at radius 2 is 2.41 bits per heavy atom. The van der Waals surface area contributed by atoms with E-state index >= 15 is 0 Å². The van der Waals surface area contributed by atoms with Crippen LogP contribution >= 0.6 is 0 Å². The van der Waals surface area contributed by atoms with Gasteiger partial charge in [-0.2, -0.15) is 0 Å². The average molecular weight is 234 g/mol. The van der Waals surface area contributed by atoms with Crippen molar-refractivity contribution in [2.45, 2.75) is 19.9 Å². The molecule has 0 aliphatic carbocycles. The average Bonchev–Trinajstić information content (AvgIpc) is 2.38. The minimum Gasteiger partial charge on any atom is -0.466 e. The van der Waals surface area contributed by atoms with Gasteiger partial charge in [-0.05, 0) is 25.5 Å². The standard InChI is InChI=1S/C13H18N2O2/c1-10(13(16)17-3)6-8-15-11(2)12-5-4-7-14-9-12/h4-7,9,11,15H,8H2,1-3H3/b10-6+/t11-/m1/s1. The lowest BCUT2D eigenvalue weighted by molar-refractivity contribution is -0.136. The zero-order valence-electron chi connectivity index (χ0n) is 10.4. The number of nitrogens with one attached hydrogen (secondary N) is 1. The van der Waals surface area contributed by atoms with Crippen molar-refractivity contribution in [1.82, 2.24) is 10.3 Å². The molecule has 17 heavy (non-hydrogen) atoms. The van der Waals surface area contributed by atoms with Gasteiger partial charge in [-0.3, -0.25) is 4.98 Å². The Bertz CT molecular complexity index is 388. The summed E-state index contributed by atoms with van der Waals surface area (Å²) in [5, 5.41) is 3.28. The zero-order chi connectivity index (χ0) is 12.7. The first-order chi connectivity index (χ1) is 8.15. The van der Waals surface area contributed by atoms with Gasteiger partial charge in [0, 0.05) is 30.6 Å². The van der Waals surface area contributed by atoms with Crippen molar-refractivity contribution in [3.8, 4) is 0 Å². The van der Waals surface area contributed by atoms with Crippen LogP contribution in [0.1, 0.15) is 25.5 Å². The summed E-state index contributed by atoms with van der Waals surface area (Å²) < 4.78 is 4.61. The van der Waals surface area contributed by atoms with E-state index < -0.39 is 0 Å². The van der Waals surface area contributed by atoms with Crippen LogP contribution in [0, 0.1) is 0 Å². The molecule has 0 fully saturated rings. The Morgan fingerprint density at radius 3 is 3.00 bits per heavy atom. The van der Waals surface area contributed by atoms with Gasteiger partial charge in [0.1, 0.15) is 0 Å². The van der Waals surface area contributed by atoms with Crippen LogP contribution < -0.4 is 5.32 Å². The molecule has 92 valence electrons. The maximum Gasteiger partial charge on any atom is 0.333 e. The lowest BCUT2D eigenvalue weighted by atomic mass is 10.1. The van der Waals surface area contributed by atoms with E-state index in [1.54, 1.807) is 13.1 Å². The third-order valence-corrected chi connectivity index (χ3v) is 2.52. The Labute approximate surface area is 102 Å². The zero-order valence-corrected chi connectivity index (χ0v) is 10.4. The van der Waals surface area contributed by atoms with E-state index in [9.17, 15) is 4.79 Å². The van der Waals surface area contributed by atoms with E-state index in [0.717, 1.165) is 5.56 Å². The molecule has 1 aromatic heterocycles. The molecular formula is C13H18N2O2. The normalized spacial score (nSPS) is 13.2. The quantitative estimate of drug-likeness (QED) is 0.624. The van der Waals surface area contributed by atoms with Gasteiger partial charge in [-0.1, -0.05) is 12.1 Å². The molecule has 1 rings (SSSR count). The summed E-state index contributed by atoms with van der Waals surface area (Å²) >= 11 is 0. The molecule has 4 heteroatoms. The van der Waals surface area contributed by atoms with Gasteiger partial charge in [0.2, 0.25) is 0 Å². The number of nitrogens with zero attached hydrogens (tertiary/aromatic N) is 1. The highest BCUT2D eigenvalue weighted by Crippen LogP contribution is 2.09. The molecule has 1 N–H and O–H groups in total. The first-order valence-electron chi connectivity index (χ1n) is 5.53. The second kappa shape index (κ2) is 6.81. The van der Waals surface area contributed by atoms with Crippen LogP contribution in [0.15, 0.2) is 36.2 Å². The lowest BCUT2D eigenvalue weighted by Crippen LogP contribution is -2.19. The molecular weight excluding hydrogens is 216 g/mol. The van der Waals surface area contributed by atoms with Crippen molar-refractivity contribution in [1.29, 1.82) is 0 Å². The second-order valence-electron chi connectivity index (χ2n) is 3.80. The van der Waals surface area contributed by atoms with Crippen LogP contribution in [-0.4, -0.2) is 24.6 Å². The predicted octanol–water partition coefficient (Wildman–Crippen LogP) is 1.85. The fourth-order valence-corrected chi connectivity index (χ4v) is 1.38.